The molecule has 4 heteroatoms. The highest BCUT2D eigenvalue weighted by Gasteiger charge is 2.10. The Morgan fingerprint density at radius 1 is 1.00 bits per heavy atom. The highest BCUT2D eigenvalue weighted by molar-refractivity contribution is 9.10. The summed E-state index contributed by atoms with van der Waals surface area (Å²) in [6.45, 7) is 0.452. The summed E-state index contributed by atoms with van der Waals surface area (Å²) >= 11 is 3.45. The number of rotatable bonds is 7. The lowest BCUT2D eigenvalue weighted by molar-refractivity contribution is 0.104. The molecule has 27 heavy (non-hydrogen) atoms. The Kier molecular flexibility index (Phi) is 6.44. The smallest absolute Gasteiger partial charge is 0.187 e. The molecule has 0 spiro atoms. The zero-order valence-corrected chi connectivity index (χ0v) is 16.5. The maximum atomic E-state index is 12.7. The van der Waals surface area contributed by atoms with E-state index in [1.165, 1.54) is 0 Å². The fourth-order valence-electron chi connectivity index (χ4n) is 2.58. The molecule has 0 fully saturated rings. The van der Waals surface area contributed by atoms with Crippen molar-refractivity contribution < 1.29 is 14.3 Å². The lowest BCUT2D eigenvalue weighted by Crippen LogP contribution is -1.99. The number of hydrogen-bond acceptors (Lipinski definition) is 3. The van der Waals surface area contributed by atoms with E-state index in [4.69, 9.17) is 9.47 Å². The average molecular weight is 423 g/mol. The van der Waals surface area contributed by atoms with Gasteiger partial charge in [0.05, 0.1) is 7.11 Å². The van der Waals surface area contributed by atoms with Crippen molar-refractivity contribution in [2.45, 2.75) is 6.61 Å². The van der Waals surface area contributed by atoms with Gasteiger partial charge in [-0.05, 0) is 42.0 Å². The molecular formula is C23H19BrO3. The monoisotopic (exact) mass is 422 g/mol. The van der Waals surface area contributed by atoms with Gasteiger partial charge in [-0.1, -0.05) is 64.5 Å². The van der Waals surface area contributed by atoms with Gasteiger partial charge in [0.25, 0.3) is 0 Å². The van der Waals surface area contributed by atoms with Crippen LogP contribution in [0, 0.1) is 0 Å². The van der Waals surface area contributed by atoms with Gasteiger partial charge in [0, 0.05) is 15.6 Å². The summed E-state index contributed by atoms with van der Waals surface area (Å²) in [5.74, 6) is 1.26. The first-order valence-electron chi connectivity index (χ1n) is 8.49. The van der Waals surface area contributed by atoms with Crippen molar-refractivity contribution in [3.8, 4) is 11.5 Å². The number of hydrogen-bond donors (Lipinski definition) is 0. The van der Waals surface area contributed by atoms with Gasteiger partial charge in [0.2, 0.25) is 0 Å². The molecule has 0 aliphatic rings. The highest BCUT2D eigenvalue weighted by atomic mass is 79.9. The number of allylic oxidation sites excluding steroid dienone is 1. The first-order valence-corrected chi connectivity index (χ1v) is 9.28. The third-order valence-electron chi connectivity index (χ3n) is 4.00. The largest absolute Gasteiger partial charge is 0.496 e. The molecule has 136 valence electrons. The van der Waals surface area contributed by atoms with Crippen molar-refractivity contribution >= 4 is 27.8 Å². The zero-order chi connectivity index (χ0) is 19.1. The van der Waals surface area contributed by atoms with Crippen molar-refractivity contribution in [3.63, 3.8) is 0 Å². The van der Waals surface area contributed by atoms with E-state index in [0.29, 0.717) is 17.9 Å². The summed E-state index contributed by atoms with van der Waals surface area (Å²) in [4.78, 5) is 12.7. The maximum Gasteiger partial charge on any atom is 0.187 e. The molecule has 0 atom stereocenters. The predicted octanol–water partition coefficient (Wildman–Crippen LogP) is 5.93. The fourth-order valence-corrected chi connectivity index (χ4v) is 3.03. The van der Waals surface area contributed by atoms with Crippen molar-refractivity contribution in [1.82, 2.24) is 0 Å². The van der Waals surface area contributed by atoms with Crippen LogP contribution in [0.25, 0.3) is 6.08 Å². The Morgan fingerprint density at radius 3 is 2.52 bits per heavy atom. The van der Waals surface area contributed by atoms with Crippen LogP contribution in [0.3, 0.4) is 0 Å². The van der Waals surface area contributed by atoms with Gasteiger partial charge in [-0.2, -0.15) is 0 Å². The Morgan fingerprint density at radius 2 is 1.74 bits per heavy atom. The van der Waals surface area contributed by atoms with Crippen molar-refractivity contribution in [3.05, 3.63) is 100 Å². The summed E-state index contributed by atoms with van der Waals surface area (Å²) in [7, 11) is 1.61. The summed E-state index contributed by atoms with van der Waals surface area (Å²) in [5.41, 5.74) is 2.47. The molecule has 3 aromatic carbocycles. The van der Waals surface area contributed by atoms with Crippen LogP contribution in [0.5, 0.6) is 11.5 Å². The first-order chi connectivity index (χ1) is 13.2. The van der Waals surface area contributed by atoms with E-state index < -0.39 is 0 Å². The molecular weight excluding hydrogens is 404 g/mol. The number of halogens is 1. The minimum absolute atomic E-state index is 0.113. The van der Waals surface area contributed by atoms with E-state index in [2.05, 4.69) is 15.9 Å². The van der Waals surface area contributed by atoms with Gasteiger partial charge < -0.3 is 9.47 Å². The molecule has 0 bridgehead atoms. The average Bonchev–Trinajstić information content (AvgIpc) is 2.72. The highest BCUT2D eigenvalue weighted by Crippen LogP contribution is 2.25. The molecule has 0 amide bonds. The molecule has 0 unspecified atom stereocenters. The summed E-state index contributed by atoms with van der Waals surface area (Å²) in [5, 5.41) is 0. The van der Waals surface area contributed by atoms with E-state index in [1.54, 1.807) is 25.3 Å². The van der Waals surface area contributed by atoms with Crippen LogP contribution < -0.4 is 9.47 Å². The lowest BCUT2D eigenvalue weighted by atomic mass is 10.1. The van der Waals surface area contributed by atoms with Gasteiger partial charge in [-0.25, -0.2) is 0 Å². The van der Waals surface area contributed by atoms with Gasteiger partial charge in [0.1, 0.15) is 18.1 Å². The maximum absolute atomic E-state index is 12.7. The van der Waals surface area contributed by atoms with Crippen LogP contribution in [0.4, 0.5) is 0 Å². The van der Waals surface area contributed by atoms with Gasteiger partial charge >= 0.3 is 0 Å². The second-order valence-corrected chi connectivity index (χ2v) is 6.71. The molecule has 0 radical (unpaired) electrons. The molecule has 0 aromatic heterocycles. The molecule has 3 rings (SSSR count). The van der Waals surface area contributed by atoms with Crippen LogP contribution in [0.2, 0.25) is 0 Å². The topological polar surface area (TPSA) is 35.5 Å². The zero-order valence-electron chi connectivity index (χ0n) is 14.9. The molecule has 3 nitrogen and oxygen atoms in total. The molecule has 3 aromatic rings. The van der Waals surface area contributed by atoms with Crippen molar-refractivity contribution in [1.29, 1.82) is 0 Å². The number of carbonyl (C=O) groups is 1. The molecule has 0 saturated heterocycles. The van der Waals surface area contributed by atoms with Gasteiger partial charge in [-0.15, -0.1) is 0 Å². The number of methoxy groups -OCH3 is 1. The van der Waals surface area contributed by atoms with Crippen molar-refractivity contribution in [2.24, 2.45) is 0 Å². The van der Waals surface area contributed by atoms with E-state index in [1.807, 2.05) is 66.7 Å². The first kappa shape index (κ1) is 18.9. The minimum atomic E-state index is -0.113. The second kappa shape index (κ2) is 9.19. The fraction of sp³-hybridized carbons (Fsp3) is 0.0870. The van der Waals surface area contributed by atoms with Crippen molar-refractivity contribution in [2.75, 3.05) is 7.11 Å². The second-order valence-electron chi connectivity index (χ2n) is 5.86. The van der Waals surface area contributed by atoms with Gasteiger partial charge in [-0.3, -0.25) is 4.79 Å². The van der Waals surface area contributed by atoms with Gasteiger partial charge in [0.15, 0.2) is 5.78 Å². The van der Waals surface area contributed by atoms with E-state index in [9.17, 15) is 4.79 Å². The summed E-state index contributed by atoms with van der Waals surface area (Å²) in [6.07, 6.45) is 3.30. The summed E-state index contributed by atoms with van der Waals surface area (Å²) < 4.78 is 11.9. The third kappa shape index (κ3) is 5.08. The Hall–Kier alpha value is -2.85. The Bertz CT molecular complexity index is 949. The molecule has 0 aliphatic carbocycles. The van der Waals surface area contributed by atoms with E-state index in [-0.39, 0.29) is 5.78 Å². The quantitative estimate of drug-likeness (QED) is 0.349. The van der Waals surface area contributed by atoms with Crippen LogP contribution in [-0.2, 0) is 6.61 Å². The standard InChI is InChI=1S/C23H19BrO3/c1-26-23-10-6-5-9-18(23)11-14-22(25)20-15-19(12-13-21(20)24)27-16-17-7-3-2-4-8-17/h2-15H,16H2,1H3/b14-11+. The predicted molar refractivity (Wildman–Crippen MR) is 111 cm³/mol. The van der Waals surface area contributed by atoms with Crippen LogP contribution in [0.15, 0.2) is 83.3 Å². The molecule has 0 N–H and O–H groups in total. The van der Waals surface area contributed by atoms with E-state index >= 15 is 0 Å². The normalized spacial score (nSPS) is 10.7. The number of carbonyl (C=O) groups excluding carboxylic acids is 1. The van der Waals surface area contributed by atoms with E-state index in [0.717, 1.165) is 21.3 Å². The Labute approximate surface area is 167 Å². The third-order valence-corrected chi connectivity index (χ3v) is 4.70. The number of ketones is 1. The number of benzene rings is 3. The number of ether oxygens (including phenoxy) is 2. The lowest BCUT2D eigenvalue weighted by Gasteiger charge is -2.09. The van der Waals surface area contributed by atoms with Crippen LogP contribution in [0.1, 0.15) is 21.5 Å². The number of para-hydroxylation sites is 1. The van der Waals surface area contributed by atoms with Crippen LogP contribution in [-0.4, -0.2) is 12.9 Å². The molecule has 0 heterocycles. The summed E-state index contributed by atoms with van der Waals surface area (Å²) in [6, 6.07) is 22.9. The minimum Gasteiger partial charge on any atom is -0.496 e. The SMILES string of the molecule is COc1ccccc1/C=C/C(=O)c1cc(OCc2ccccc2)ccc1Br. The van der Waals surface area contributed by atoms with Crippen LogP contribution >= 0.6 is 15.9 Å². The Balaban J connectivity index is 1.75. The molecule has 0 aliphatic heterocycles. The molecule has 0 saturated carbocycles.